The highest BCUT2D eigenvalue weighted by atomic mass is 32.1. The molecule has 6 nitrogen and oxygen atoms in total. The van der Waals surface area contributed by atoms with E-state index in [2.05, 4.69) is 4.90 Å². The Morgan fingerprint density at radius 3 is 2.61 bits per heavy atom. The van der Waals surface area contributed by atoms with Gasteiger partial charge in [0.2, 0.25) is 0 Å². The summed E-state index contributed by atoms with van der Waals surface area (Å²) < 4.78 is 19.2. The summed E-state index contributed by atoms with van der Waals surface area (Å²) in [5.41, 5.74) is 2.45. The smallest absolute Gasteiger partial charge is 0.348 e. The van der Waals surface area contributed by atoms with Crippen LogP contribution in [0.3, 0.4) is 0 Å². The Morgan fingerprint density at radius 1 is 1.18 bits per heavy atom. The molecule has 1 aliphatic heterocycles. The van der Waals surface area contributed by atoms with Crippen LogP contribution in [0.5, 0.6) is 0 Å². The molecule has 33 heavy (non-hydrogen) atoms. The molecule has 4 heterocycles. The van der Waals surface area contributed by atoms with Crippen molar-refractivity contribution in [3.63, 3.8) is 0 Å². The molecule has 1 aliphatic rings. The number of likely N-dealkylation sites (tertiary alicyclic amines) is 1. The highest BCUT2D eigenvalue weighted by Gasteiger charge is 2.24. The minimum Gasteiger partial charge on any atom is -0.477 e. The van der Waals surface area contributed by atoms with Crippen molar-refractivity contribution < 1.29 is 18.7 Å². The molecule has 1 saturated heterocycles. The number of benzene rings is 1. The summed E-state index contributed by atoms with van der Waals surface area (Å²) in [4.78, 5) is 24.6. The molecule has 5 rings (SSSR count). The predicted octanol–water partition coefficient (Wildman–Crippen LogP) is 6.60. The summed E-state index contributed by atoms with van der Waals surface area (Å²) in [6.45, 7) is 3.74. The largest absolute Gasteiger partial charge is 0.477 e. The Labute approximate surface area is 194 Å². The van der Waals surface area contributed by atoms with Gasteiger partial charge >= 0.3 is 5.97 Å². The molecule has 168 valence electrons. The van der Waals surface area contributed by atoms with Gasteiger partial charge in [-0.15, -0.1) is 11.3 Å². The van der Waals surface area contributed by atoms with E-state index in [1.54, 1.807) is 30.5 Å². The van der Waals surface area contributed by atoms with Crippen molar-refractivity contribution in [1.82, 2.24) is 9.88 Å². The van der Waals surface area contributed by atoms with Gasteiger partial charge in [0.05, 0.1) is 6.26 Å². The first-order valence-electron chi connectivity index (χ1n) is 10.8. The maximum absolute atomic E-state index is 13.7. The van der Waals surface area contributed by atoms with Crippen molar-refractivity contribution in [2.45, 2.75) is 26.2 Å². The fourth-order valence-corrected chi connectivity index (χ4v) is 5.17. The number of fused-ring (bicyclic) bond motifs is 1. The van der Waals surface area contributed by atoms with E-state index in [9.17, 15) is 14.3 Å². The second-order valence-electron chi connectivity index (χ2n) is 8.01. The van der Waals surface area contributed by atoms with Gasteiger partial charge in [0.1, 0.15) is 32.7 Å². The normalized spacial score (nSPS) is 14.7. The molecule has 1 aromatic carbocycles. The minimum absolute atomic E-state index is 0.133. The van der Waals surface area contributed by atoms with Gasteiger partial charge in [-0.05, 0) is 67.6 Å². The maximum Gasteiger partial charge on any atom is 0.348 e. The summed E-state index contributed by atoms with van der Waals surface area (Å²) in [6, 6.07) is 11.6. The van der Waals surface area contributed by atoms with Crippen LogP contribution in [0.2, 0.25) is 0 Å². The number of pyridine rings is 1. The van der Waals surface area contributed by atoms with Gasteiger partial charge in [0.25, 0.3) is 0 Å². The first-order chi connectivity index (χ1) is 16.0. The van der Waals surface area contributed by atoms with Crippen LogP contribution in [0.4, 0.5) is 10.1 Å². The van der Waals surface area contributed by atoms with E-state index in [0.717, 1.165) is 54.2 Å². The Balaban J connectivity index is 1.77. The average molecular weight is 464 g/mol. The number of aliphatic imine (C=N–C) groups is 1. The van der Waals surface area contributed by atoms with E-state index in [4.69, 9.17) is 14.4 Å². The lowest BCUT2D eigenvalue weighted by molar-refractivity contribution is 0.0703. The topological polar surface area (TPSA) is 78.9 Å². The lowest BCUT2D eigenvalue weighted by Crippen LogP contribution is -2.33. The highest BCUT2D eigenvalue weighted by Crippen LogP contribution is 2.44. The van der Waals surface area contributed by atoms with Crippen molar-refractivity contribution >= 4 is 39.0 Å². The second kappa shape index (κ2) is 8.78. The minimum atomic E-state index is -1.05. The quantitative estimate of drug-likeness (QED) is 0.273. The number of hydrogen-bond acceptors (Lipinski definition) is 5. The van der Waals surface area contributed by atoms with E-state index < -0.39 is 5.97 Å². The standard InChI is InChI=1S/C25H22FN3O3S/c1-15(29-11-3-2-4-12-29)27-22-21-18(16-7-9-17(26)10-8-16)14-19(20-6-5-13-32-20)28-24(21)33-23(22)25(30)31/h5-10,13-14H,2-4,11-12H2,1H3,(H,30,31). The van der Waals surface area contributed by atoms with Crippen LogP contribution in [-0.2, 0) is 0 Å². The van der Waals surface area contributed by atoms with Crippen LogP contribution in [0.15, 0.2) is 58.1 Å². The first kappa shape index (κ1) is 21.3. The third-order valence-electron chi connectivity index (χ3n) is 5.85. The molecule has 0 atom stereocenters. The number of carboxylic acids is 1. The Kier molecular flexibility index (Phi) is 5.68. The zero-order valence-corrected chi connectivity index (χ0v) is 18.9. The number of piperidine rings is 1. The van der Waals surface area contributed by atoms with Crippen molar-refractivity contribution in [1.29, 1.82) is 0 Å². The molecule has 0 saturated carbocycles. The molecule has 0 aliphatic carbocycles. The zero-order chi connectivity index (χ0) is 22.9. The molecule has 3 aromatic heterocycles. The summed E-state index contributed by atoms with van der Waals surface area (Å²) in [5.74, 6) is -0.0315. The molecule has 1 N–H and O–H groups in total. The molecule has 0 bridgehead atoms. The Hall–Kier alpha value is -3.52. The van der Waals surface area contributed by atoms with Crippen LogP contribution in [-0.4, -0.2) is 39.9 Å². The van der Waals surface area contributed by atoms with E-state index in [-0.39, 0.29) is 10.7 Å². The highest BCUT2D eigenvalue weighted by molar-refractivity contribution is 7.21. The number of thiophene rings is 1. The Morgan fingerprint density at radius 2 is 1.94 bits per heavy atom. The molecule has 0 amide bonds. The fourth-order valence-electron chi connectivity index (χ4n) is 4.19. The van der Waals surface area contributed by atoms with Crippen LogP contribution < -0.4 is 0 Å². The molecule has 0 unspecified atom stereocenters. The lowest BCUT2D eigenvalue weighted by atomic mass is 10.0. The van der Waals surface area contributed by atoms with Gasteiger partial charge in [-0.1, -0.05) is 12.1 Å². The van der Waals surface area contributed by atoms with E-state index >= 15 is 0 Å². The molecule has 1 fully saturated rings. The molecule has 0 radical (unpaired) electrons. The number of rotatable bonds is 4. The second-order valence-corrected chi connectivity index (χ2v) is 9.01. The van der Waals surface area contributed by atoms with Crippen LogP contribution in [0, 0.1) is 5.82 Å². The number of carboxylic acid groups (broad SMARTS) is 1. The number of halogens is 1. The summed E-state index contributed by atoms with van der Waals surface area (Å²) in [7, 11) is 0. The van der Waals surface area contributed by atoms with E-state index in [0.29, 0.717) is 27.4 Å². The van der Waals surface area contributed by atoms with Gasteiger partial charge < -0.3 is 14.4 Å². The number of amidine groups is 1. The van der Waals surface area contributed by atoms with Crippen molar-refractivity contribution in [2.75, 3.05) is 13.1 Å². The van der Waals surface area contributed by atoms with Gasteiger partial charge in [-0.3, -0.25) is 0 Å². The fraction of sp³-hybridized carbons (Fsp3) is 0.240. The van der Waals surface area contributed by atoms with Gasteiger partial charge in [-0.2, -0.15) is 0 Å². The molecule has 8 heteroatoms. The van der Waals surface area contributed by atoms with Crippen LogP contribution in [0.1, 0.15) is 35.9 Å². The van der Waals surface area contributed by atoms with Crippen LogP contribution >= 0.6 is 11.3 Å². The predicted molar refractivity (Wildman–Crippen MR) is 128 cm³/mol. The van der Waals surface area contributed by atoms with Gasteiger partial charge in [0, 0.05) is 18.5 Å². The van der Waals surface area contributed by atoms with Gasteiger partial charge in [0.15, 0.2) is 5.76 Å². The third kappa shape index (κ3) is 4.14. The molecule has 4 aromatic rings. The van der Waals surface area contributed by atoms with Crippen molar-refractivity contribution in [3.05, 3.63) is 59.4 Å². The zero-order valence-electron chi connectivity index (χ0n) is 18.0. The van der Waals surface area contributed by atoms with Gasteiger partial charge in [-0.25, -0.2) is 19.2 Å². The molecular formula is C25H22FN3O3S. The molecular weight excluding hydrogens is 441 g/mol. The Bertz CT molecular complexity index is 1340. The summed E-state index contributed by atoms with van der Waals surface area (Å²) >= 11 is 1.09. The van der Waals surface area contributed by atoms with Crippen LogP contribution in [0.25, 0.3) is 32.8 Å². The number of aromatic nitrogens is 1. The number of carbonyl (C=O) groups is 1. The van der Waals surface area contributed by atoms with Crippen molar-refractivity contribution in [2.24, 2.45) is 4.99 Å². The number of furan rings is 1. The average Bonchev–Trinajstić information content (AvgIpc) is 3.48. The van der Waals surface area contributed by atoms with E-state index in [1.165, 1.54) is 18.6 Å². The number of nitrogens with zero attached hydrogens (tertiary/aromatic N) is 3. The third-order valence-corrected chi connectivity index (χ3v) is 6.91. The SMILES string of the molecule is CC(=Nc1c(C(=O)O)sc2nc(-c3ccco3)cc(-c3ccc(F)cc3)c12)N1CCCCC1. The number of aromatic carboxylic acids is 1. The summed E-state index contributed by atoms with van der Waals surface area (Å²) in [5, 5.41) is 10.6. The molecule has 0 spiro atoms. The van der Waals surface area contributed by atoms with Crippen molar-refractivity contribution in [3.8, 4) is 22.6 Å². The lowest BCUT2D eigenvalue weighted by Gasteiger charge is -2.28. The maximum atomic E-state index is 13.7. The number of hydrogen-bond donors (Lipinski definition) is 1. The summed E-state index contributed by atoms with van der Waals surface area (Å²) in [6.07, 6.45) is 4.95. The first-order valence-corrected chi connectivity index (χ1v) is 11.6. The van der Waals surface area contributed by atoms with E-state index in [1.807, 2.05) is 13.0 Å². The monoisotopic (exact) mass is 463 g/mol.